The lowest BCUT2D eigenvalue weighted by Gasteiger charge is -2.29. The van der Waals surface area contributed by atoms with Gasteiger partial charge in [0.25, 0.3) is 0 Å². The number of rotatable bonds is 10. The van der Waals surface area contributed by atoms with Gasteiger partial charge in [0, 0.05) is 23.4 Å². The van der Waals surface area contributed by atoms with Gasteiger partial charge in [-0.15, -0.1) is 11.8 Å². The summed E-state index contributed by atoms with van der Waals surface area (Å²) in [5, 5.41) is 4.49. The summed E-state index contributed by atoms with van der Waals surface area (Å²) in [5.74, 6) is 0.529. The molecule has 2 aromatic carbocycles. The zero-order chi connectivity index (χ0) is 23.0. The Morgan fingerprint density at radius 1 is 1.03 bits per heavy atom. The molecule has 2 rings (SSSR count). The van der Waals surface area contributed by atoms with Gasteiger partial charge in [-0.25, -0.2) is 0 Å². The highest BCUT2D eigenvalue weighted by molar-refractivity contribution is 7.99. The van der Waals surface area contributed by atoms with E-state index < -0.39 is 6.04 Å². The van der Waals surface area contributed by atoms with Crippen molar-refractivity contribution in [2.24, 2.45) is 0 Å². The van der Waals surface area contributed by atoms with Crippen LogP contribution in [0.15, 0.2) is 42.5 Å². The molecule has 168 valence electrons. The lowest BCUT2D eigenvalue weighted by atomic mass is 10.1. The number of hydrogen-bond acceptors (Lipinski definition) is 3. The van der Waals surface area contributed by atoms with Crippen molar-refractivity contribution in [1.29, 1.82) is 0 Å². The van der Waals surface area contributed by atoms with E-state index in [1.54, 1.807) is 24.0 Å². The summed E-state index contributed by atoms with van der Waals surface area (Å²) in [6.45, 7) is 5.94. The molecule has 2 unspecified atom stereocenters. The van der Waals surface area contributed by atoms with Gasteiger partial charge in [0.15, 0.2) is 0 Å². The maximum atomic E-state index is 13.1. The second-order valence-corrected chi connectivity index (χ2v) is 9.56. The lowest BCUT2D eigenvalue weighted by Crippen LogP contribution is -2.50. The molecule has 0 radical (unpaired) electrons. The minimum Gasteiger partial charge on any atom is -0.352 e. The fraction of sp³-hybridized carbons (Fsp3) is 0.391. The molecular formula is C23H27Cl3N2O2S. The quantitative estimate of drug-likeness (QED) is 0.421. The number of halogens is 3. The van der Waals surface area contributed by atoms with Gasteiger partial charge in [-0.1, -0.05) is 66.0 Å². The van der Waals surface area contributed by atoms with Gasteiger partial charge in [0.2, 0.25) is 11.8 Å². The van der Waals surface area contributed by atoms with Crippen LogP contribution >= 0.6 is 46.6 Å². The third-order valence-electron chi connectivity index (χ3n) is 4.95. The van der Waals surface area contributed by atoms with Crippen LogP contribution in [-0.4, -0.2) is 34.6 Å². The van der Waals surface area contributed by atoms with Crippen LogP contribution in [-0.2, 0) is 21.9 Å². The zero-order valence-electron chi connectivity index (χ0n) is 17.8. The van der Waals surface area contributed by atoms with E-state index in [-0.39, 0.29) is 30.2 Å². The fourth-order valence-electron chi connectivity index (χ4n) is 2.83. The van der Waals surface area contributed by atoms with E-state index in [9.17, 15) is 9.59 Å². The van der Waals surface area contributed by atoms with Gasteiger partial charge in [-0.05, 0) is 49.6 Å². The normalized spacial score (nSPS) is 12.8. The molecule has 8 heteroatoms. The first-order valence-electron chi connectivity index (χ1n) is 10.1. The summed E-state index contributed by atoms with van der Waals surface area (Å²) in [4.78, 5) is 27.4. The van der Waals surface area contributed by atoms with Crippen LogP contribution in [0.5, 0.6) is 0 Å². The Balaban J connectivity index is 2.12. The molecule has 2 atom stereocenters. The van der Waals surface area contributed by atoms with Gasteiger partial charge >= 0.3 is 0 Å². The van der Waals surface area contributed by atoms with Crippen molar-refractivity contribution >= 4 is 58.4 Å². The van der Waals surface area contributed by atoms with Gasteiger partial charge in [0.1, 0.15) is 6.04 Å². The molecule has 4 nitrogen and oxygen atoms in total. The highest BCUT2D eigenvalue weighted by Crippen LogP contribution is 2.25. The van der Waals surface area contributed by atoms with Crippen molar-refractivity contribution in [3.8, 4) is 0 Å². The van der Waals surface area contributed by atoms with Crippen LogP contribution < -0.4 is 5.32 Å². The molecule has 0 fully saturated rings. The molecule has 2 aromatic rings. The average Bonchev–Trinajstić information content (AvgIpc) is 2.75. The maximum absolute atomic E-state index is 13.1. The molecule has 0 aromatic heterocycles. The van der Waals surface area contributed by atoms with Crippen molar-refractivity contribution in [3.63, 3.8) is 0 Å². The minimum absolute atomic E-state index is 0.0338. The van der Waals surface area contributed by atoms with E-state index in [4.69, 9.17) is 34.8 Å². The number of nitrogens with zero attached hydrogens (tertiary/aromatic N) is 1. The second-order valence-electron chi connectivity index (χ2n) is 7.35. The molecule has 31 heavy (non-hydrogen) atoms. The molecule has 0 aliphatic heterocycles. The van der Waals surface area contributed by atoms with Crippen LogP contribution in [0.2, 0.25) is 15.1 Å². The standard InChI is InChI=1S/C23H27Cl3N2O2S/c1-4-15(2)27-23(30)16(3)28(12-17-9-10-20(25)21(26)11-17)22(29)14-31-13-18-7-5-6-8-19(18)24/h5-11,15-16H,4,12-14H2,1-3H3,(H,27,30). The van der Waals surface area contributed by atoms with Crippen LogP contribution in [0, 0.1) is 0 Å². The van der Waals surface area contributed by atoms with Crippen LogP contribution in [0.25, 0.3) is 0 Å². The number of hydrogen-bond donors (Lipinski definition) is 1. The molecule has 0 saturated carbocycles. The molecule has 0 bridgehead atoms. The number of amides is 2. The smallest absolute Gasteiger partial charge is 0.242 e. The summed E-state index contributed by atoms with van der Waals surface area (Å²) < 4.78 is 0. The van der Waals surface area contributed by atoms with E-state index in [2.05, 4.69) is 5.32 Å². The monoisotopic (exact) mass is 500 g/mol. The van der Waals surface area contributed by atoms with Gasteiger partial charge in [0.05, 0.1) is 15.8 Å². The van der Waals surface area contributed by atoms with Crippen molar-refractivity contribution in [2.45, 2.75) is 51.6 Å². The summed E-state index contributed by atoms with van der Waals surface area (Å²) >= 11 is 19.8. The van der Waals surface area contributed by atoms with E-state index >= 15 is 0 Å². The number of carbonyl (C=O) groups is 2. The topological polar surface area (TPSA) is 49.4 Å². The summed E-state index contributed by atoms with van der Waals surface area (Å²) in [6.07, 6.45) is 0.812. The van der Waals surface area contributed by atoms with E-state index in [0.717, 1.165) is 17.5 Å². The predicted molar refractivity (Wildman–Crippen MR) is 132 cm³/mol. The molecular weight excluding hydrogens is 475 g/mol. The Hall–Kier alpha value is -1.40. The highest BCUT2D eigenvalue weighted by atomic mass is 35.5. The number of benzene rings is 2. The Morgan fingerprint density at radius 2 is 1.74 bits per heavy atom. The SMILES string of the molecule is CCC(C)NC(=O)C(C)N(Cc1ccc(Cl)c(Cl)c1)C(=O)CSCc1ccccc1Cl. The van der Waals surface area contributed by atoms with E-state index in [1.807, 2.05) is 44.2 Å². The first-order chi connectivity index (χ1) is 14.7. The van der Waals surface area contributed by atoms with E-state index in [1.165, 1.54) is 11.8 Å². The Bertz CT molecular complexity index is 910. The second kappa shape index (κ2) is 12.6. The average molecular weight is 502 g/mol. The summed E-state index contributed by atoms with van der Waals surface area (Å²) in [6, 6.07) is 12.2. The van der Waals surface area contributed by atoms with Gasteiger partial charge in [-0.2, -0.15) is 0 Å². The molecule has 0 saturated heterocycles. The van der Waals surface area contributed by atoms with Gasteiger partial charge in [-0.3, -0.25) is 9.59 Å². The first-order valence-corrected chi connectivity index (χ1v) is 12.4. The number of thioether (sulfide) groups is 1. The van der Waals surface area contributed by atoms with E-state index in [0.29, 0.717) is 20.8 Å². The predicted octanol–water partition coefficient (Wildman–Crippen LogP) is 6.21. The molecule has 0 heterocycles. The zero-order valence-corrected chi connectivity index (χ0v) is 20.9. The molecule has 0 aliphatic rings. The number of carbonyl (C=O) groups excluding carboxylic acids is 2. The third kappa shape index (κ3) is 7.90. The molecule has 0 aliphatic carbocycles. The summed E-state index contributed by atoms with van der Waals surface area (Å²) in [7, 11) is 0. The first kappa shape index (κ1) is 25.9. The highest BCUT2D eigenvalue weighted by Gasteiger charge is 2.26. The third-order valence-corrected chi connectivity index (χ3v) is 7.02. The van der Waals surface area contributed by atoms with Gasteiger partial charge < -0.3 is 10.2 Å². The van der Waals surface area contributed by atoms with Crippen LogP contribution in [0.1, 0.15) is 38.3 Å². The largest absolute Gasteiger partial charge is 0.352 e. The maximum Gasteiger partial charge on any atom is 0.242 e. The van der Waals surface area contributed by atoms with Crippen LogP contribution in [0.3, 0.4) is 0 Å². The van der Waals surface area contributed by atoms with Crippen molar-refractivity contribution < 1.29 is 9.59 Å². The molecule has 0 spiro atoms. The van der Waals surface area contributed by atoms with Crippen LogP contribution in [0.4, 0.5) is 0 Å². The fourth-order valence-corrected chi connectivity index (χ4v) is 4.35. The molecule has 2 amide bonds. The van der Waals surface area contributed by atoms with Crippen molar-refractivity contribution in [2.75, 3.05) is 5.75 Å². The van der Waals surface area contributed by atoms with Crippen molar-refractivity contribution in [3.05, 3.63) is 68.7 Å². The lowest BCUT2D eigenvalue weighted by molar-refractivity contribution is -0.138. The Kier molecular flexibility index (Phi) is 10.5. The minimum atomic E-state index is -0.628. The summed E-state index contributed by atoms with van der Waals surface area (Å²) in [5.41, 5.74) is 1.78. The van der Waals surface area contributed by atoms with Crippen molar-refractivity contribution in [1.82, 2.24) is 10.2 Å². The Morgan fingerprint density at radius 3 is 2.39 bits per heavy atom. The number of nitrogens with one attached hydrogen (secondary N) is 1. The molecule has 1 N–H and O–H groups in total. The Labute approximate surface area is 203 Å².